The van der Waals surface area contributed by atoms with Gasteiger partial charge < -0.3 is 5.32 Å². The number of carbonyl (C=O) groups is 1. The molecule has 0 aliphatic carbocycles. The normalized spacial score (nSPS) is 16.1. The number of carbonyl (C=O) groups excluding carboxylic acids is 1. The Morgan fingerprint density at radius 2 is 2.14 bits per heavy atom. The predicted octanol–water partition coefficient (Wildman–Crippen LogP) is 3.69. The summed E-state index contributed by atoms with van der Waals surface area (Å²) in [5.41, 5.74) is 2.15. The number of nitrogens with one attached hydrogen (secondary N) is 1. The van der Waals surface area contributed by atoms with E-state index in [-0.39, 0.29) is 5.91 Å². The average molecular weight is 379 g/mol. The van der Waals surface area contributed by atoms with E-state index < -0.39 is 0 Å². The SMILES string of the molecule is CC(CNC(=O)c1ccc(Br)cc1)N1CCc2sccc2C1. The number of benzene rings is 1. The van der Waals surface area contributed by atoms with Gasteiger partial charge in [0.05, 0.1) is 0 Å². The van der Waals surface area contributed by atoms with Crippen LogP contribution in [-0.4, -0.2) is 29.9 Å². The van der Waals surface area contributed by atoms with Crippen molar-refractivity contribution in [2.24, 2.45) is 0 Å². The Balaban J connectivity index is 1.53. The molecule has 0 bridgehead atoms. The summed E-state index contributed by atoms with van der Waals surface area (Å²) in [6, 6.07) is 10.0. The summed E-state index contributed by atoms with van der Waals surface area (Å²) in [4.78, 5) is 16.1. The highest BCUT2D eigenvalue weighted by Gasteiger charge is 2.21. The summed E-state index contributed by atoms with van der Waals surface area (Å²) in [7, 11) is 0. The van der Waals surface area contributed by atoms with E-state index in [1.165, 1.54) is 10.4 Å². The maximum absolute atomic E-state index is 12.2. The zero-order valence-corrected chi connectivity index (χ0v) is 14.9. The maximum atomic E-state index is 12.2. The van der Waals surface area contributed by atoms with Gasteiger partial charge in [-0.1, -0.05) is 15.9 Å². The molecule has 1 aliphatic heterocycles. The zero-order valence-electron chi connectivity index (χ0n) is 12.5. The van der Waals surface area contributed by atoms with Crippen molar-refractivity contribution in [2.45, 2.75) is 25.9 Å². The van der Waals surface area contributed by atoms with Crippen LogP contribution in [0, 0.1) is 0 Å². The van der Waals surface area contributed by atoms with E-state index in [2.05, 4.69) is 44.5 Å². The molecule has 5 heteroatoms. The summed E-state index contributed by atoms with van der Waals surface area (Å²) < 4.78 is 0.984. The summed E-state index contributed by atoms with van der Waals surface area (Å²) >= 11 is 5.24. The first-order valence-electron chi connectivity index (χ1n) is 7.46. The smallest absolute Gasteiger partial charge is 0.251 e. The Bertz CT molecular complexity index is 653. The molecule has 0 saturated carbocycles. The minimum absolute atomic E-state index is 0.00687. The number of fused-ring (bicyclic) bond motifs is 1. The number of hydrogen-bond acceptors (Lipinski definition) is 3. The molecule has 1 aromatic heterocycles. The number of amides is 1. The standard InChI is InChI=1S/C17H19BrN2OS/c1-12(20-8-6-16-14(11-20)7-9-22-16)10-19-17(21)13-2-4-15(18)5-3-13/h2-5,7,9,12H,6,8,10-11H2,1H3,(H,19,21). The molecule has 116 valence electrons. The Hall–Kier alpha value is -1.17. The lowest BCUT2D eigenvalue weighted by molar-refractivity contribution is 0.0932. The monoisotopic (exact) mass is 378 g/mol. The molecule has 0 radical (unpaired) electrons. The second kappa shape index (κ2) is 6.94. The first kappa shape index (κ1) is 15.7. The van der Waals surface area contributed by atoms with Crippen LogP contribution in [-0.2, 0) is 13.0 Å². The van der Waals surface area contributed by atoms with Crippen molar-refractivity contribution in [1.29, 1.82) is 0 Å². The average Bonchev–Trinajstić information content (AvgIpc) is 3.00. The first-order chi connectivity index (χ1) is 10.6. The topological polar surface area (TPSA) is 32.3 Å². The Labute approximate surface area is 143 Å². The molecule has 0 saturated heterocycles. The van der Waals surface area contributed by atoms with Crippen LogP contribution in [0.2, 0.25) is 0 Å². The number of nitrogens with zero attached hydrogens (tertiary/aromatic N) is 1. The van der Waals surface area contributed by atoms with Gasteiger partial charge in [0.2, 0.25) is 0 Å². The van der Waals surface area contributed by atoms with Crippen LogP contribution >= 0.6 is 27.3 Å². The lowest BCUT2D eigenvalue weighted by atomic mass is 10.1. The van der Waals surface area contributed by atoms with Crippen LogP contribution in [0.5, 0.6) is 0 Å². The molecule has 0 spiro atoms. The number of hydrogen-bond donors (Lipinski definition) is 1. The van der Waals surface area contributed by atoms with E-state index in [0.29, 0.717) is 18.2 Å². The van der Waals surface area contributed by atoms with Gasteiger partial charge in [0.25, 0.3) is 5.91 Å². The van der Waals surface area contributed by atoms with Crippen LogP contribution < -0.4 is 5.32 Å². The van der Waals surface area contributed by atoms with Crippen LogP contribution in [0.15, 0.2) is 40.2 Å². The summed E-state index contributed by atoms with van der Waals surface area (Å²) in [6.45, 7) is 4.92. The highest BCUT2D eigenvalue weighted by Crippen LogP contribution is 2.25. The molecule has 1 unspecified atom stereocenters. The van der Waals surface area contributed by atoms with Gasteiger partial charge in [-0.25, -0.2) is 0 Å². The van der Waals surface area contributed by atoms with E-state index in [9.17, 15) is 4.79 Å². The summed E-state index contributed by atoms with van der Waals surface area (Å²) in [5.74, 6) is -0.00687. The van der Waals surface area contributed by atoms with Crippen molar-refractivity contribution >= 4 is 33.2 Å². The fourth-order valence-corrected chi connectivity index (χ4v) is 3.87. The second-order valence-corrected chi connectivity index (χ2v) is 7.57. The minimum Gasteiger partial charge on any atom is -0.350 e. The predicted molar refractivity (Wildman–Crippen MR) is 94.4 cm³/mol. The van der Waals surface area contributed by atoms with Gasteiger partial charge in [0.15, 0.2) is 0 Å². The van der Waals surface area contributed by atoms with Crippen LogP contribution in [0.3, 0.4) is 0 Å². The molecule has 22 heavy (non-hydrogen) atoms. The van der Waals surface area contributed by atoms with Crippen LogP contribution in [0.1, 0.15) is 27.7 Å². The Kier molecular flexibility index (Phi) is 4.96. The molecule has 1 aromatic carbocycles. The third-order valence-corrected chi connectivity index (χ3v) is 5.68. The Morgan fingerprint density at radius 3 is 2.91 bits per heavy atom. The van der Waals surface area contributed by atoms with Gasteiger partial charge in [0, 0.05) is 40.6 Å². The van der Waals surface area contributed by atoms with E-state index >= 15 is 0 Å². The lowest BCUT2D eigenvalue weighted by Gasteiger charge is -2.32. The quantitative estimate of drug-likeness (QED) is 0.879. The van der Waals surface area contributed by atoms with Crippen molar-refractivity contribution in [3.8, 4) is 0 Å². The molecule has 1 aliphatic rings. The van der Waals surface area contributed by atoms with Crippen molar-refractivity contribution in [3.05, 3.63) is 56.2 Å². The van der Waals surface area contributed by atoms with Crippen molar-refractivity contribution in [1.82, 2.24) is 10.2 Å². The van der Waals surface area contributed by atoms with Crippen LogP contribution in [0.4, 0.5) is 0 Å². The highest BCUT2D eigenvalue weighted by molar-refractivity contribution is 9.10. The van der Waals surface area contributed by atoms with E-state index in [1.807, 2.05) is 35.6 Å². The van der Waals surface area contributed by atoms with Crippen molar-refractivity contribution in [2.75, 3.05) is 13.1 Å². The lowest BCUT2D eigenvalue weighted by Crippen LogP contribution is -2.44. The largest absolute Gasteiger partial charge is 0.350 e. The fraction of sp³-hybridized carbons (Fsp3) is 0.353. The molecule has 3 nitrogen and oxygen atoms in total. The fourth-order valence-electron chi connectivity index (χ4n) is 2.72. The molecule has 3 rings (SSSR count). The summed E-state index contributed by atoms with van der Waals surface area (Å²) in [6.07, 6.45) is 1.12. The van der Waals surface area contributed by atoms with E-state index in [1.54, 1.807) is 0 Å². The van der Waals surface area contributed by atoms with Gasteiger partial charge in [-0.2, -0.15) is 0 Å². The molecule has 0 fully saturated rings. The third-order valence-electron chi connectivity index (χ3n) is 4.12. The molecule has 1 atom stereocenters. The molecule has 2 aromatic rings. The minimum atomic E-state index is -0.00687. The van der Waals surface area contributed by atoms with Gasteiger partial charge in [0.1, 0.15) is 0 Å². The molecule has 1 N–H and O–H groups in total. The maximum Gasteiger partial charge on any atom is 0.251 e. The van der Waals surface area contributed by atoms with Gasteiger partial charge >= 0.3 is 0 Å². The Morgan fingerprint density at radius 1 is 1.36 bits per heavy atom. The number of halogens is 1. The third kappa shape index (κ3) is 3.59. The number of thiophene rings is 1. The van der Waals surface area contributed by atoms with Gasteiger partial charge in [-0.15, -0.1) is 11.3 Å². The number of rotatable bonds is 4. The van der Waals surface area contributed by atoms with Crippen molar-refractivity contribution < 1.29 is 4.79 Å². The first-order valence-corrected chi connectivity index (χ1v) is 9.14. The zero-order chi connectivity index (χ0) is 15.5. The molecule has 1 amide bonds. The molecule has 2 heterocycles. The van der Waals surface area contributed by atoms with Gasteiger partial charge in [-0.3, -0.25) is 9.69 Å². The van der Waals surface area contributed by atoms with Crippen molar-refractivity contribution in [3.63, 3.8) is 0 Å². The highest BCUT2D eigenvalue weighted by atomic mass is 79.9. The van der Waals surface area contributed by atoms with E-state index in [4.69, 9.17) is 0 Å². The second-order valence-electron chi connectivity index (χ2n) is 5.66. The van der Waals surface area contributed by atoms with Crippen LogP contribution in [0.25, 0.3) is 0 Å². The molecular formula is C17H19BrN2OS. The van der Waals surface area contributed by atoms with Gasteiger partial charge in [-0.05, 0) is 54.6 Å². The molecular weight excluding hydrogens is 360 g/mol. The summed E-state index contributed by atoms with van der Waals surface area (Å²) in [5, 5.41) is 5.21. The van der Waals surface area contributed by atoms with E-state index in [0.717, 1.165) is 24.0 Å².